The molecule has 0 N–H and O–H groups in total. The Hall–Kier alpha value is -8.20. The highest BCUT2D eigenvalue weighted by atomic mass is 16.3. The molecule has 0 aliphatic rings. The van der Waals surface area contributed by atoms with E-state index in [-0.39, 0.29) is 0 Å². The van der Waals surface area contributed by atoms with Crippen LogP contribution in [-0.2, 0) is 5.41 Å². The molecule has 298 valence electrons. The minimum atomic E-state index is -0.541. The van der Waals surface area contributed by atoms with E-state index in [1.165, 1.54) is 44.5 Å². The van der Waals surface area contributed by atoms with E-state index in [2.05, 4.69) is 254 Å². The van der Waals surface area contributed by atoms with Crippen LogP contribution in [0.4, 0.5) is 17.1 Å². The predicted octanol–water partition coefficient (Wildman–Crippen LogP) is 16.4. The van der Waals surface area contributed by atoms with Gasteiger partial charge in [-0.1, -0.05) is 206 Å². The molecule has 1 heterocycles. The predicted molar refractivity (Wildman–Crippen MR) is 263 cm³/mol. The van der Waals surface area contributed by atoms with Gasteiger partial charge in [-0.2, -0.15) is 0 Å². The van der Waals surface area contributed by atoms with Gasteiger partial charge in [0.15, 0.2) is 0 Å². The summed E-state index contributed by atoms with van der Waals surface area (Å²) in [6.07, 6.45) is 0. The summed E-state index contributed by atoms with van der Waals surface area (Å²) in [5.41, 5.74) is 16.3. The molecule has 2 heteroatoms. The molecular formula is C61H43NO. The van der Waals surface area contributed by atoms with Crippen molar-refractivity contribution in [2.75, 3.05) is 4.90 Å². The number of anilines is 3. The van der Waals surface area contributed by atoms with Crippen LogP contribution in [0.15, 0.2) is 265 Å². The van der Waals surface area contributed by atoms with Crippen molar-refractivity contribution in [1.82, 2.24) is 0 Å². The van der Waals surface area contributed by atoms with Crippen molar-refractivity contribution < 1.29 is 4.42 Å². The molecule has 11 aromatic rings. The second-order valence-corrected chi connectivity index (χ2v) is 16.1. The summed E-state index contributed by atoms with van der Waals surface area (Å²) in [4.78, 5) is 2.37. The van der Waals surface area contributed by atoms with Crippen LogP contribution in [0, 0.1) is 0 Å². The Morgan fingerprint density at radius 2 is 0.651 bits per heavy atom. The van der Waals surface area contributed by atoms with Gasteiger partial charge in [-0.25, -0.2) is 0 Å². The maximum Gasteiger partial charge on any atom is 0.135 e. The fraction of sp³-hybridized carbons (Fsp3) is 0.0164. The molecule has 2 nitrogen and oxygen atoms in total. The van der Waals surface area contributed by atoms with E-state index in [0.717, 1.165) is 50.1 Å². The Labute approximate surface area is 368 Å². The lowest BCUT2D eigenvalue weighted by Crippen LogP contribution is -2.31. The Balaban J connectivity index is 1.03. The first-order chi connectivity index (χ1) is 31.2. The van der Waals surface area contributed by atoms with Crippen LogP contribution in [-0.4, -0.2) is 0 Å². The Morgan fingerprint density at radius 1 is 0.254 bits per heavy atom. The maximum absolute atomic E-state index is 6.20. The van der Waals surface area contributed by atoms with Gasteiger partial charge in [0.1, 0.15) is 11.2 Å². The van der Waals surface area contributed by atoms with Crippen LogP contribution in [0.2, 0.25) is 0 Å². The lowest BCUT2D eigenvalue weighted by atomic mass is 9.65. The molecule has 0 aliphatic carbocycles. The van der Waals surface area contributed by atoms with Crippen molar-refractivity contribution >= 4 is 39.0 Å². The van der Waals surface area contributed by atoms with Gasteiger partial charge in [0.05, 0.1) is 5.41 Å². The standard InChI is InChI=1S/C61H43NO/c1-5-16-44(17-6-1)45-28-30-46(31-29-45)47-32-37-54(38-33-47)62(56-25-15-18-48(42-56)49-34-41-60-58(43-49)57-26-13-14-27-59(57)63-60)55-39-35-53(36-40-55)61(50-19-7-2-8-20-50,51-21-9-3-10-22-51)52-23-11-4-12-24-52/h1-43H. The average Bonchev–Trinajstić information content (AvgIpc) is 3.75. The van der Waals surface area contributed by atoms with Crippen LogP contribution in [0.25, 0.3) is 55.3 Å². The van der Waals surface area contributed by atoms with Gasteiger partial charge in [-0.3, -0.25) is 0 Å². The monoisotopic (exact) mass is 805 g/mol. The third kappa shape index (κ3) is 6.98. The molecular weight excluding hydrogens is 763 g/mol. The molecule has 0 saturated heterocycles. The van der Waals surface area contributed by atoms with Crippen LogP contribution in [0.1, 0.15) is 22.3 Å². The van der Waals surface area contributed by atoms with Gasteiger partial charge in [-0.05, 0) is 110 Å². The van der Waals surface area contributed by atoms with Gasteiger partial charge in [0, 0.05) is 27.8 Å². The average molecular weight is 806 g/mol. The highest BCUT2D eigenvalue weighted by Gasteiger charge is 2.38. The van der Waals surface area contributed by atoms with Crippen molar-refractivity contribution in [2.24, 2.45) is 0 Å². The summed E-state index contributed by atoms with van der Waals surface area (Å²) >= 11 is 0. The zero-order valence-corrected chi connectivity index (χ0v) is 34.7. The second-order valence-electron chi connectivity index (χ2n) is 16.1. The third-order valence-corrected chi connectivity index (χ3v) is 12.4. The second kappa shape index (κ2) is 16.3. The van der Waals surface area contributed by atoms with Gasteiger partial charge < -0.3 is 9.32 Å². The zero-order chi connectivity index (χ0) is 42.0. The summed E-state index contributed by atoms with van der Waals surface area (Å²) in [6.45, 7) is 0. The molecule has 0 atom stereocenters. The van der Waals surface area contributed by atoms with Crippen molar-refractivity contribution in [2.45, 2.75) is 5.41 Å². The molecule has 0 spiro atoms. The lowest BCUT2D eigenvalue weighted by Gasteiger charge is -2.37. The Morgan fingerprint density at radius 3 is 1.22 bits per heavy atom. The number of hydrogen-bond donors (Lipinski definition) is 0. The number of furan rings is 1. The highest BCUT2D eigenvalue weighted by Crippen LogP contribution is 2.47. The molecule has 0 unspecified atom stereocenters. The molecule has 0 amide bonds. The fourth-order valence-corrected chi connectivity index (χ4v) is 9.39. The van der Waals surface area contributed by atoms with E-state index in [1.807, 2.05) is 12.1 Å². The number of hydrogen-bond acceptors (Lipinski definition) is 2. The van der Waals surface area contributed by atoms with E-state index in [0.29, 0.717) is 0 Å². The summed E-state index contributed by atoms with van der Waals surface area (Å²) in [5.74, 6) is 0. The van der Waals surface area contributed by atoms with Crippen LogP contribution in [0.5, 0.6) is 0 Å². The third-order valence-electron chi connectivity index (χ3n) is 12.4. The van der Waals surface area contributed by atoms with Crippen LogP contribution >= 0.6 is 0 Å². The van der Waals surface area contributed by atoms with E-state index >= 15 is 0 Å². The molecule has 0 aliphatic heterocycles. The van der Waals surface area contributed by atoms with Crippen molar-refractivity contribution in [3.8, 4) is 33.4 Å². The summed E-state index contributed by atoms with van der Waals surface area (Å²) in [6, 6.07) is 93.9. The quantitative estimate of drug-likeness (QED) is 0.128. The number of para-hydroxylation sites is 1. The first-order valence-electron chi connectivity index (χ1n) is 21.6. The Kier molecular flexibility index (Phi) is 9.80. The maximum atomic E-state index is 6.20. The molecule has 0 saturated carbocycles. The molecule has 0 fully saturated rings. The molecule has 0 bridgehead atoms. The topological polar surface area (TPSA) is 16.4 Å². The van der Waals surface area contributed by atoms with E-state index < -0.39 is 5.41 Å². The van der Waals surface area contributed by atoms with E-state index in [4.69, 9.17) is 4.42 Å². The van der Waals surface area contributed by atoms with Crippen LogP contribution < -0.4 is 4.90 Å². The summed E-state index contributed by atoms with van der Waals surface area (Å²) in [7, 11) is 0. The smallest absolute Gasteiger partial charge is 0.135 e. The fourth-order valence-electron chi connectivity index (χ4n) is 9.39. The summed E-state index contributed by atoms with van der Waals surface area (Å²) in [5, 5.41) is 2.24. The van der Waals surface area contributed by atoms with Crippen molar-refractivity contribution in [3.63, 3.8) is 0 Å². The molecule has 1 aromatic heterocycles. The number of rotatable bonds is 10. The first kappa shape index (κ1) is 37.8. The normalized spacial score (nSPS) is 11.5. The minimum absolute atomic E-state index is 0.541. The lowest BCUT2D eigenvalue weighted by molar-refractivity contribution is 0.669. The molecule has 10 aromatic carbocycles. The molecule has 63 heavy (non-hydrogen) atoms. The van der Waals surface area contributed by atoms with Gasteiger partial charge in [0.2, 0.25) is 0 Å². The number of fused-ring (bicyclic) bond motifs is 3. The van der Waals surface area contributed by atoms with Crippen LogP contribution in [0.3, 0.4) is 0 Å². The number of nitrogens with zero attached hydrogens (tertiary/aromatic N) is 1. The van der Waals surface area contributed by atoms with E-state index in [9.17, 15) is 0 Å². The zero-order valence-electron chi connectivity index (χ0n) is 34.7. The van der Waals surface area contributed by atoms with Gasteiger partial charge in [0.25, 0.3) is 0 Å². The summed E-state index contributed by atoms with van der Waals surface area (Å²) < 4.78 is 6.20. The molecule has 0 radical (unpaired) electrons. The van der Waals surface area contributed by atoms with E-state index in [1.54, 1.807) is 0 Å². The largest absolute Gasteiger partial charge is 0.456 e. The Bertz CT molecular complexity index is 3190. The minimum Gasteiger partial charge on any atom is -0.456 e. The van der Waals surface area contributed by atoms with Gasteiger partial charge in [-0.15, -0.1) is 0 Å². The van der Waals surface area contributed by atoms with Crippen molar-refractivity contribution in [3.05, 3.63) is 283 Å². The first-order valence-corrected chi connectivity index (χ1v) is 21.6. The number of benzene rings is 10. The molecule has 11 rings (SSSR count). The van der Waals surface area contributed by atoms with Crippen molar-refractivity contribution in [1.29, 1.82) is 0 Å². The SMILES string of the molecule is c1ccc(-c2ccc(-c3ccc(N(c4ccc(C(c5ccccc5)(c5ccccc5)c5ccccc5)cc4)c4cccc(-c5ccc6oc7ccccc7c6c5)c4)cc3)cc2)cc1. The van der Waals surface area contributed by atoms with Gasteiger partial charge >= 0.3 is 0 Å². The highest BCUT2D eigenvalue weighted by molar-refractivity contribution is 6.06.